The summed E-state index contributed by atoms with van der Waals surface area (Å²) in [5.41, 5.74) is 2.34. The fourth-order valence-electron chi connectivity index (χ4n) is 3.34. The number of sulfonamides is 1. The van der Waals surface area contributed by atoms with Crippen LogP contribution in [0.3, 0.4) is 0 Å². The van der Waals surface area contributed by atoms with E-state index in [4.69, 9.17) is 9.47 Å². The molecule has 33 heavy (non-hydrogen) atoms. The zero-order valence-corrected chi connectivity index (χ0v) is 19.7. The highest BCUT2D eigenvalue weighted by atomic mass is 32.2. The molecular weight excluding hydrogens is 440 g/mol. The van der Waals surface area contributed by atoms with Gasteiger partial charge in [0.05, 0.1) is 18.0 Å². The molecule has 3 rings (SSSR count). The third-order valence-corrected chi connectivity index (χ3v) is 6.51. The molecule has 3 aromatic carbocycles. The maximum atomic E-state index is 12.6. The van der Waals surface area contributed by atoms with Crippen molar-refractivity contribution >= 4 is 15.9 Å². The second-order valence-corrected chi connectivity index (χ2v) is 9.32. The van der Waals surface area contributed by atoms with Gasteiger partial charge in [-0.15, -0.1) is 0 Å². The lowest BCUT2D eigenvalue weighted by Crippen LogP contribution is -2.31. The summed E-state index contributed by atoms with van der Waals surface area (Å²) in [6.45, 7) is 3.60. The van der Waals surface area contributed by atoms with Crippen molar-refractivity contribution in [3.63, 3.8) is 0 Å². The van der Waals surface area contributed by atoms with E-state index in [1.165, 1.54) is 12.1 Å². The number of hydrogen-bond acceptors (Lipinski definition) is 5. The van der Waals surface area contributed by atoms with Crippen LogP contribution in [0, 0.1) is 6.92 Å². The first-order valence-electron chi connectivity index (χ1n) is 10.5. The van der Waals surface area contributed by atoms with Gasteiger partial charge in [0.1, 0.15) is 11.5 Å². The Morgan fingerprint density at radius 2 is 1.67 bits per heavy atom. The van der Waals surface area contributed by atoms with Gasteiger partial charge in [-0.05, 0) is 49.2 Å². The molecule has 1 atom stereocenters. The zero-order chi connectivity index (χ0) is 23.8. The first-order valence-corrected chi connectivity index (χ1v) is 12.0. The summed E-state index contributed by atoms with van der Waals surface area (Å²) in [7, 11) is -2.10. The van der Waals surface area contributed by atoms with E-state index in [0.29, 0.717) is 17.1 Å². The van der Waals surface area contributed by atoms with E-state index in [1.54, 1.807) is 20.1 Å². The highest BCUT2D eigenvalue weighted by Gasteiger charge is 2.17. The highest BCUT2D eigenvalue weighted by Crippen LogP contribution is 2.25. The van der Waals surface area contributed by atoms with Gasteiger partial charge in [0.15, 0.2) is 6.61 Å². The van der Waals surface area contributed by atoms with E-state index in [2.05, 4.69) is 10.0 Å². The smallest absolute Gasteiger partial charge is 0.258 e. The summed E-state index contributed by atoms with van der Waals surface area (Å²) in [5, 5.41) is 2.88. The Labute approximate surface area is 194 Å². The Kier molecular flexibility index (Phi) is 8.08. The number of aryl methyl sites for hydroxylation is 1. The van der Waals surface area contributed by atoms with Gasteiger partial charge in [-0.1, -0.05) is 48.5 Å². The molecule has 0 saturated carbocycles. The molecule has 0 radical (unpaired) electrons. The molecule has 174 valence electrons. The van der Waals surface area contributed by atoms with Crippen molar-refractivity contribution in [3.8, 4) is 11.5 Å². The van der Waals surface area contributed by atoms with E-state index in [9.17, 15) is 13.2 Å². The normalized spacial score (nSPS) is 12.1. The minimum atomic E-state index is -3.68. The number of carbonyl (C=O) groups is 1. The fourth-order valence-corrected chi connectivity index (χ4v) is 4.44. The number of methoxy groups -OCH3 is 1. The largest absolute Gasteiger partial charge is 0.496 e. The Hall–Kier alpha value is -3.36. The van der Waals surface area contributed by atoms with Gasteiger partial charge in [0.25, 0.3) is 5.91 Å². The van der Waals surface area contributed by atoms with Gasteiger partial charge in [-0.25, -0.2) is 13.1 Å². The third-order valence-electron chi connectivity index (χ3n) is 5.11. The van der Waals surface area contributed by atoms with Gasteiger partial charge in [-0.3, -0.25) is 4.79 Å². The molecule has 0 fully saturated rings. The Morgan fingerprint density at radius 3 is 2.36 bits per heavy atom. The first-order chi connectivity index (χ1) is 15.8. The van der Waals surface area contributed by atoms with Gasteiger partial charge in [0.2, 0.25) is 10.0 Å². The van der Waals surface area contributed by atoms with Crippen LogP contribution in [-0.2, 0) is 21.4 Å². The molecule has 0 heterocycles. The monoisotopic (exact) mass is 468 g/mol. The van der Waals surface area contributed by atoms with Crippen LogP contribution in [0.4, 0.5) is 0 Å². The van der Waals surface area contributed by atoms with Crippen molar-refractivity contribution in [1.29, 1.82) is 0 Å². The van der Waals surface area contributed by atoms with E-state index in [1.807, 2.05) is 61.5 Å². The van der Waals surface area contributed by atoms with Crippen molar-refractivity contribution in [2.75, 3.05) is 13.7 Å². The standard InChI is InChI=1S/C25H28N2O5S/c1-18-15-21(33(29,30)26-16-20-9-5-4-6-10-20)13-14-23(18)32-17-25(28)27-19(2)22-11-7-8-12-24(22)31-3/h4-15,19,26H,16-17H2,1-3H3,(H,27,28)/t19-/m0/s1. The summed E-state index contributed by atoms with van der Waals surface area (Å²) >= 11 is 0. The van der Waals surface area contributed by atoms with Crippen LogP contribution in [0.5, 0.6) is 11.5 Å². The van der Waals surface area contributed by atoms with E-state index in [-0.39, 0.29) is 30.0 Å². The molecule has 0 spiro atoms. The molecule has 0 unspecified atom stereocenters. The number of amides is 1. The van der Waals surface area contributed by atoms with Crippen molar-refractivity contribution < 1.29 is 22.7 Å². The van der Waals surface area contributed by atoms with Crippen molar-refractivity contribution in [3.05, 3.63) is 89.5 Å². The molecule has 0 aliphatic carbocycles. The number of rotatable bonds is 10. The minimum absolute atomic E-state index is 0.137. The van der Waals surface area contributed by atoms with Crippen LogP contribution in [0.1, 0.15) is 29.7 Å². The van der Waals surface area contributed by atoms with E-state index >= 15 is 0 Å². The Morgan fingerprint density at radius 1 is 0.970 bits per heavy atom. The summed E-state index contributed by atoms with van der Waals surface area (Å²) < 4.78 is 38.8. The minimum Gasteiger partial charge on any atom is -0.496 e. The molecule has 3 aromatic rings. The van der Waals surface area contributed by atoms with Crippen molar-refractivity contribution in [1.82, 2.24) is 10.0 Å². The number of nitrogens with one attached hydrogen (secondary N) is 2. The summed E-state index contributed by atoms with van der Waals surface area (Å²) in [4.78, 5) is 12.5. The number of benzene rings is 3. The quantitative estimate of drug-likeness (QED) is 0.473. The number of para-hydroxylation sites is 1. The predicted octanol–water partition coefficient (Wildman–Crippen LogP) is 3.74. The fraction of sp³-hybridized carbons (Fsp3) is 0.240. The predicted molar refractivity (Wildman–Crippen MR) is 127 cm³/mol. The first kappa shape index (κ1) is 24.3. The summed E-state index contributed by atoms with van der Waals surface area (Å²) in [6, 6.07) is 21.0. The molecular formula is C25H28N2O5S. The van der Waals surface area contributed by atoms with Gasteiger partial charge < -0.3 is 14.8 Å². The van der Waals surface area contributed by atoms with Crippen LogP contribution in [0.15, 0.2) is 77.7 Å². The topological polar surface area (TPSA) is 93.7 Å². The molecule has 0 aromatic heterocycles. The maximum Gasteiger partial charge on any atom is 0.258 e. The van der Waals surface area contributed by atoms with Crippen LogP contribution in [-0.4, -0.2) is 28.0 Å². The number of hydrogen-bond donors (Lipinski definition) is 2. The summed E-state index contributed by atoms with van der Waals surface area (Å²) in [6.07, 6.45) is 0. The molecule has 2 N–H and O–H groups in total. The lowest BCUT2D eigenvalue weighted by Gasteiger charge is -2.18. The SMILES string of the molecule is COc1ccccc1[C@H](C)NC(=O)COc1ccc(S(=O)(=O)NCc2ccccc2)cc1C. The van der Waals surface area contributed by atoms with Crippen LogP contribution < -0.4 is 19.5 Å². The Bertz CT molecular complexity index is 1200. The van der Waals surface area contributed by atoms with Gasteiger partial charge in [-0.2, -0.15) is 0 Å². The molecule has 0 saturated heterocycles. The molecule has 0 bridgehead atoms. The third kappa shape index (κ3) is 6.57. The van der Waals surface area contributed by atoms with Crippen LogP contribution >= 0.6 is 0 Å². The van der Waals surface area contributed by atoms with Gasteiger partial charge >= 0.3 is 0 Å². The zero-order valence-electron chi connectivity index (χ0n) is 18.9. The Balaban J connectivity index is 1.58. The second-order valence-electron chi connectivity index (χ2n) is 7.56. The second kappa shape index (κ2) is 11.0. The average Bonchev–Trinajstić information content (AvgIpc) is 2.82. The van der Waals surface area contributed by atoms with Crippen LogP contribution in [0.2, 0.25) is 0 Å². The average molecular weight is 469 g/mol. The molecule has 7 nitrogen and oxygen atoms in total. The molecule has 0 aliphatic heterocycles. The maximum absolute atomic E-state index is 12.6. The highest BCUT2D eigenvalue weighted by molar-refractivity contribution is 7.89. The van der Waals surface area contributed by atoms with Crippen molar-refractivity contribution in [2.24, 2.45) is 0 Å². The summed E-state index contributed by atoms with van der Waals surface area (Å²) in [5.74, 6) is 0.839. The number of carbonyl (C=O) groups excluding carboxylic acids is 1. The molecule has 8 heteroatoms. The van der Waals surface area contributed by atoms with Crippen LogP contribution in [0.25, 0.3) is 0 Å². The van der Waals surface area contributed by atoms with E-state index < -0.39 is 10.0 Å². The molecule has 1 amide bonds. The number of ether oxygens (including phenoxy) is 2. The molecule has 0 aliphatic rings. The van der Waals surface area contributed by atoms with E-state index in [0.717, 1.165) is 11.1 Å². The lowest BCUT2D eigenvalue weighted by atomic mass is 10.1. The lowest BCUT2D eigenvalue weighted by molar-refractivity contribution is -0.123. The van der Waals surface area contributed by atoms with Gasteiger partial charge in [0, 0.05) is 12.1 Å². The van der Waals surface area contributed by atoms with Crippen molar-refractivity contribution in [2.45, 2.75) is 31.3 Å².